The lowest BCUT2D eigenvalue weighted by atomic mass is 10.1. The summed E-state index contributed by atoms with van der Waals surface area (Å²) >= 11 is 13.3. The molecule has 3 N–H and O–H groups in total. The molecule has 4 rings (SSSR count). The van der Waals surface area contributed by atoms with Crippen molar-refractivity contribution in [3.05, 3.63) is 134 Å². The summed E-state index contributed by atoms with van der Waals surface area (Å²) in [5, 5.41) is 19.9. The molecular weight excluding hydrogens is 599 g/mol. The monoisotopic (exact) mass is 620 g/mol. The molecule has 0 saturated heterocycles. The quantitative estimate of drug-likeness (QED) is 0.0754. The van der Waals surface area contributed by atoms with Gasteiger partial charge in [0.05, 0.1) is 21.4 Å². The van der Waals surface area contributed by atoms with Crippen LogP contribution in [0.5, 0.6) is 0 Å². The highest BCUT2D eigenvalue weighted by Crippen LogP contribution is 2.26. The molecule has 0 aromatic heterocycles. The largest absolute Gasteiger partial charge is 0.324 e. The first kappa shape index (κ1) is 30.3. The summed E-state index contributed by atoms with van der Waals surface area (Å²) in [6.07, 6.45) is 1.43. The molecule has 12 heteroatoms. The van der Waals surface area contributed by atoms with E-state index in [9.17, 15) is 24.5 Å². The molecule has 0 spiro atoms. The van der Waals surface area contributed by atoms with Crippen LogP contribution in [-0.4, -0.2) is 28.4 Å². The fraction of sp³-hybridized carbons (Fsp3) is 0.0333. The maximum absolute atomic E-state index is 13.2. The van der Waals surface area contributed by atoms with Gasteiger partial charge in [-0.15, -0.1) is 11.8 Å². The van der Waals surface area contributed by atoms with Crippen molar-refractivity contribution in [2.24, 2.45) is 0 Å². The number of hydrogen-bond acceptors (Lipinski definition) is 6. The van der Waals surface area contributed by atoms with Gasteiger partial charge in [0.25, 0.3) is 17.5 Å². The molecular formula is C30H22Cl2N4O5S. The highest BCUT2D eigenvalue weighted by atomic mass is 35.5. The number of thioether (sulfide) groups is 1. The number of halogens is 2. The Morgan fingerprint density at radius 2 is 1.55 bits per heavy atom. The molecule has 0 aliphatic heterocycles. The van der Waals surface area contributed by atoms with Crippen molar-refractivity contribution in [1.29, 1.82) is 0 Å². The topological polar surface area (TPSA) is 130 Å². The zero-order valence-corrected chi connectivity index (χ0v) is 24.0. The molecule has 0 bridgehead atoms. The van der Waals surface area contributed by atoms with Gasteiger partial charge in [-0.3, -0.25) is 24.5 Å². The molecule has 4 aromatic carbocycles. The second kappa shape index (κ2) is 14.3. The molecule has 0 fully saturated rings. The average Bonchev–Trinajstić information content (AvgIpc) is 2.98. The van der Waals surface area contributed by atoms with Gasteiger partial charge >= 0.3 is 0 Å². The van der Waals surface area contributed by atoms with Gasteiger partial charge in [0.1, 0.15) is 5.70 Å². The van der Waals surface area contributed by atoms with Gasteiger partial charge in [-0.2, -0.15) is 0 Å². The smallest absolute Gasteiger partial charge is 0.272 e. The number of hydrogen-bond donors (Lipinski definition) is 3. The van der Waals surface area contributed by atoms with E-state index in [1.54, 1.807) is 72.8 Å². The van der Waals surface area contributed by atoms with Crippen LogP contribution < -0.4 is 16.0 Å². The van der Waals surface area contributed by atoms with Crippen molar-refractivity contribution in [2.75, 3.05) is 16.4 Å². The summed E-state index contributed by atoms with van der Waals surface area (Å²) in [5.74, 6) is -1.23. The summed E-state index contributed by atoms with van der Waals surface area (Å²) < 4.78 is 0. The molecule has 4 aromatic rings. The van der Waals surface area contributed by atoms with Crippen molar-refractivity contribution in [1.82, 2.24) is 5.32 Å². The lowest BCUT2D eigenvalue weighted by molar-refractivity contribution is -0.384. The summed E-state index contributed by atoms with van der Waals surface area (Å²) in [4.78, 5) is 49.6. The van der Waals surface area contributed by atoms with Gasteiger partial charge in [-0.1, -0.05) is 41.4 Å². The minimum Gasteiger partial charge on any atom is -0.324 e. The third kappa shape index (κ3) is 8.68. The third-order valence-electron chi connectivity index (χ3n) is 5.63. The standard InChI is InChI=1S/C30H22Cl2N4O5S/c31-21-8-15-26(25(32)17-21)34-28(37)18-42-24-13-9-22(10-14-24)33-30(39)27(35-29(38)20-4-2-1-3-5-20)16-19-6-11-23(12-7-19)36(40)41/h1-17H,18H2,(H,33,39)(H,34,37)(H,35,38)/b27-16-. The Kier molecular flexibility index (Phi) is 10.3. The molecule has 0 radical (unpaired) electrons. The normalized spacial score (nSPS) is 11.0. The number of benzene rings is 4. The van der Waals surface area contributed by atoms with Crippen LogP contribution in [0.15, 0.2) is 108 Å². The van der Waals surface area contributed by atoms with E-state index in [1.807, 2.05) is 0 Å². The Bertz CT molecular complexity index is 1650. The number of nitro benzene ring substituents is 1. The molecule has 0 atom stereocenters. The van der Waals surface area contributed by atoms with E-state index in [0.717, 1.165) is 4.90 Å². The molecule has 42 heavy (non-hydrogen) atoms. The van der Waals surface area contributed by atoms with Gasteiger partial charge < -0.3 is 16.0 Å². The van der Waals surface area contributed by atoms with E-state index in [0.29, 0.717) is 32.5 Å². The zero-order chi connectivity index (χ0) is 30.1. The van der Waals surface area contributed by atoms with Gasteiger partial charge in [0.2, 0.25) is 5.91 Å². The van der Waals surface area contributed by atoms with E-state index >= 15 is 0 Å². The van der Waals surface area contributed by atoms with Crippen LogP contribution in [0, 0.1) is 10.1 Å². The van der Waals surface area contributed by atoms with Gasteiger partial charge in [-0.05, 0) is 78.4 Å². The lowest BCUT2D eigenvalue weighted by Gasteiger charge is -2.12. The van der Waals surface area contributed by atoms with Crippen LogP contribution in [0.3, 0.4) is 0 Å². The molecule has 3 amide bonds. The average molecular weight is 622 g/mol. The lowest BCUT2D eigenvalue weighted by Crippen LogP contribution is -2.30. The highest BCUT2D eigenvalue weighted by Gasteiger charge is 2.16. The van der Waals surface area contributed by atoms with E-state index in [1.165, 1.54) is 42.1 Å². The second-order valence-electron chi connectivity index (χ2n) is 8.67. The minimum absolute atomic E-state index is 0.0614. The maximum Gasteiger partial charge on any atom is 0.272 e. The molecule has 0 aliphatic rings. The van der Waals surface area contributed by atoms with Crippen molar-refractivity contribution < 1.29 is 19.3 Å². The van der Waals surface area contributed by atoms with Crippen molar-refractivity contribution in [2.45, 2.75) is 4.90 Å². The predicted octanol–water partition coefficient (Wildman–Crippen LogP) is 7.04. The number of nitro groups is 1. The fourth-order valence-corrected chi connectivity index (χ4v) is 4.71. The number of rotatable bonds is 10. The van der Waals surface area contributed by atoms with Crippen molar-refractivity contribution in [3.63, 3.8) is 0 Å². The summed E-state index contributed by atoms with van der Waals surface area (Å²) in [6, 6.07) is 25.5. The molecule has 0 heterocycles. The Hall–Kier alpha value is -4.64. The molecule has 212 valence electrons. The fourth-order valence-electron chi connectivity index (χ4n) is 3.56. The molecule has 9 nitrogen and oxygen atoms in total. The Balaban J connectivity index is 1.42. The van der Waals surface area contributed by atoms with Gasteiger partial charge in [0, 0.05) is 33.3 Å². The zero-order valence-electron chi connectivity index (χ0n) is 21.7. The summed E-state index contributed by atoms with van der Waals surface area (Å²) in [5.41, 5.74) is 1.57. The first-order valence-corrected chi connectivity index (χ1v) is 14.0. The third-order valence-corrected chi connectivity index (χ3v) is 7.19. The van der Waals surface area contributed by atoms with Crippen molar-refractivity contribution >= 4 is 75.8 Å². The van der Waals surface area contributed by atoms with E-state index in [4.69, 9.17) is 23.2 Å². The predicted molar refractivity (Wildman–Crippen MR) is 166 cm³/mol. The van der Waals surface area contributed by atoms with Crippen LogP contribution in [0.25, 0.3) is 6.08 Å². The van der Waals surface area contributed by atoms with E-state index in [2.05, 4.69) is 16.0 Å². The number of anilines is 2. The number of carbonyl (C=O) groups excluding carboxylic acids is 3. The summed E-state index contributed by atoms with van der Waals surface area (Å²) in [6.45, 7) is 0. The van der Waals surface area contributed by atoms with Gasteiger partial charge in [-0.25, -0.2) is 0 Å². The molecule has 0 aliphatic carbocycles. The summed E-state index contributed by atoms with van der Waals surface area (Å²) in [7, 11) is 0. The van der Waals surface area contributed by atoms with E-state index < -0.39 is 16.7 Å². The Morgan fingerprint density at radius 3 is 2.19 bits per heavy atom. The minimum atomic E-state index is -0.600. The second-order valence-corrected chi connectivity index (χ2v) is 10.6. The molecule has 0 unspecified atom stereocenters. The number of nitrogens with one attached hydrogen (secondary N) is 3. The number of nitrogens with zero attached hydrogens (tertiary/aromatic N) is 1. The van der Waals surface area contributed by atoms with Crippen molar-refractivity contribution in [3.8, 4) is 0 Å². The van der Waals surface area contributed by atoms with E-state index in [-0.39, 0.29) is 23.0 Å². The Morgan fingerprint density at radius 1 is 0.857 bits per heavy atom. The van der Waals surface area contributed by atoms with Crippen LogP contribution in [0.1, 0.15) is 15.9 Å². The maximum atomic E-state index is 13.2. The van der Waals surface area contributed by atoms with Crippen LogP contribution in [-0.2, 0) is 9.59 Å². The Labute approximate surface area is 255 Å². The number of non-ortho nitro benzene ring substituents is 1. The highest BCUT2D eigenvalue weighted by molar-refractivity contribution is 8.00. The van der Waals surface area contributed by atoms with Crippen LogP contribution >= 0.6 is 35.0 Å². The number of amides is 3. The van der Waals surface area contributed by atoms with Crippen LogP contribution in [0.4, 0.5) is 17.1 Å². The SMILES string of the molecule is O=C(CSc1ccc(NC(=O)/C(=C/c2ccc([N+](=O)[O-])cc2)NC(=O)c2ccccc2)cc1)Nc1ccc(Cl)cc1Cl. The first-order valence-electron chi connectivity index (χ1n) is 12.3. The number of carbonyl (C=O) groups is 3. The van der Waals surface area contributed by atoms with Gasteiger partial charge in [0.15, 0.2) is 0 Å². The first-order chi connectivity index (χ1) is 20.2. The molecule has 0 saturated carbocycles. The van der Waals surface area contributed by atoms with Crippen LogP contribution in [0.2, 0.25) is 10.0 Å².